The summed E-state index contributed by atoms with van der Waals surface area (Å²) in [5, 5.41) is 5.82. The summed E-state index contributed by atoms with van der Waals surface area (Å²) in [6.07, 6.45) is 2.47. The fourth-order valence-electron chi connectivity index (χ4n) is 3.64. The fraction of sp³-hybridized carbons (Fsp3) is 0.360. The molecule has 166 valence electrons. The molecule has 2 N–H and O–H groups in total. The Morgan fingerprint density at radius 2 is 1.88 bits per heavy atom. The average Bonchev–Trinajstić information content (AvgIpc) is 3.58. The van der Waals surface area contributed by atoms with Crippen molar-refractivity contribution in [3.8, 4) is 0 Å². The number of anilines is 1. The average molecular weight is 433 g/mol. The highest BCUT2D eigenvalue weighted by Crippen LogP contribution is 2.20. The molecule has 3 aromatic rings. The second kappa shape index (κ2) is 9.34. The Labute approximate surface area is 186 Å². The number of hydrogen-bond donors (Lipinski definition) is 2. The van der Waals surface area contributed by atoms with Crippen LogP contribution in [0.15, 0.2) is 53.3 Å². The van der Waals surface area contributed by atoms with Crippen LogP contribution in [0.5, 0.6) is 0 Å². The lowest BCUT2D eigenvalue weighted by atomic mass is 10.0. The number of rotatable bonds is 8. The number of aromatic nitrogens is 2. The molecule has 0 unspecified atom stereocenters. The van der Waals surface area contributed by atoms with Crippen molar-refractivity contribution in [1.82, 2.24) is 14.9 Å². The van der Waals surface area contributed by atoms with E-state index < -0.39 is 0 Å². The van der Waals surface area contributed by atoms with Gasteiger partial charge in [0.15, 0.2) is 0 Å². The number of para-hydroxylation sites is 2. The van der Waals surface area contributed by atoms with Gasteiger partial charge in [0.05, 0.1) is 11.0 Å². The van der Waals surface area contributed by atoms with E-state index in [4.69, 9.17) is 0 Å². The van der Waals surface area contributed by atoms with Crippen LogP contribution in [0.4, 0.5) is 5.69 Å². The van der Waals surface area contributed by atoms with Gasteiger partial charge in [-0.25, -0.2) is 4.98 Å². The summed E-state index contributed by atoms with van der Waals surface area (Å²) in [7, 11) is 0. The maximum atomic E-state index is 13.2. The largest absolute Gasteiger partial charge is 0.353 e. The molecule has 0 atom stereocenters. The Morgan fingerprint density at radius 3 is 2.62 bits per heavy atom. The van der Waals surface area contributed by atoms with Gasteiger partial charge in [-0.3, -0.25) is 19.0 Å². The zero-order valence-corrected chi connectivity index (χ0v) is 18.4. The Balaban J connectivity index is 1.55. The number of aryl methyl sites for hydroxylation is 1. The predicted molar refractivity (Wildman–Crippen MR) is 125 cm³/mol. The van der Waals surface area contributed by atoms with E-state index in [1.54, 1.807) is 6.07 Å². The third kappa shape index (κ3) is 5.22. The van der Waals surface area contributed by atoms with E-state index >= 15 is 0 Å². The number of fused-ring (bicyclic) bond motifs is 1. The van der Waals surface area contributed by atoms with Crippen LogP contribution in [0.3, 0.4) is 0 Å². The highest BCUT2D eigenvalue weighted by Gasteiger charge is 2.23. The number of carbonyl (C=O) groups excluding carboxylic acids is 2. The third-order valence-corrected chi connectivity index (χ3v) is 5.59. The van der Waals surface area contributed by atoms with Crippen LogP contribution >= 0.6 is 0 Å². The molecule has 32 heavy (non-hydrogen) atoms. The smallest absolute Gasteiger partial charge is 0.273 e. The first-order valence-electron chi connectivity index (χ1n) is 11.1. The van der Waals surface area contributed by atoms with Crippen molar-refractivity contribution in [3.05, 3.63) is 70.1 Å². The predicted octanol–water partition coefficient (Wildman–Crippen LogP) is 3.37. The highest BCUT2D eigenvalue weighted by atomic mass is 16.2. The van der Waals surface area contributed by atoms with Crippen LogP contribution in [0.1, 0.15) is 50.3 Å². The van der Waals surface area contributed by atoms with Gasteiger partial charge in [0.1, 0.15) is 12.2 Å². The quantitative estimate of drug-likeness (QED) is 0.571. The molecule has 4 rings (SSSR count). The summed E-state index contributed by atoms with van der Waals surface area (Å²) < 4.78 is 1.44. The molecule has 2 amide bonds. The first-order chi connectivity index (χ1) is 15.4. The molecule has 1 heterocycles. The number of nitrogens with zero attached hydrogens (tertiary/aromatic N) is 2. The lowest BCUT2D eigenvalue weighted by Gasteiger charge is -2.13. The minimum atomic E-state index is -0.339. The van der Waals surface area contributed by atoms with Crippen molar-refractivity contribution in [1.29, 1.82) is 0 Å². The van der Waals surface area contributed by atoms with Gasteiger partial charge in [0, 0.05) is 24.6 Å². The lowest BCUT2D eigenvalue weighted by Crippen LogP contribution is -2.32. The number of carbonyl (C=O) groups is 2. The maximum absolute atomic E-state index is 13.2. The van der Waals surface area contributed by atoms with E-state index in [0.29, 0.717) is 28.3 Å². The zero-order valence-electron chi connectivity index (χ0n) is 18.4. The Kier molecular flexibility index (Phi) is 6.35. The standard InChI is InChI=1S/C25H28N4O3/c1-16(2)17-6-5-7-19(14-17)27-24(31)15-29-22-9-4-3-8-20(22)28-21(25(29)32)12-13-23(30)26-18-10-11-18/h3-9,14,16,18H,10-13,15H2,1-2H3,(H,26,30)(H,27,31). The van der Waals surface area contributed by atoms with Gasteiger partial charge in [-0.2, -0.15) is 0 Å². The summed E-state index contributed by atoms with van der Waals surface area (Å²) in [6.45, 7) is 4.06. The van der Waals surface area contributed by atoms with Crippen molar-refractivity contribution in [2.75, 3.05) is 5.32 Å². The Bertz CT molecular complexity index is 1210. The van der Waals surface area contributed by atoms with E-state index in [1.165, 1.54) is 4.57 Å². The topological polar surface area (TPSA) is 93.1 Å². The molecule has 2 aromatic carbocycles. The second-order valence-corrected chi connectivity index (χ2v) is 8.61. The van der Waals surface area contributed by atoms with Gasteiger partial charge < -0.3 is 10.6 Å². The van der Waals surface area contributed by atoms with Gasteiger partial charge in [-0.1, -0.05) is 38.1 Å². The van der Waals surface area contributed by atoms with E-state index in [9.17, 15) is 14.4 Å². The molecule has 0 radical (unpaired) electrons. The van der Waals surface area contributed by atoms with E-state index in [-0.39, 0.29) is 42.8 Å². The maximum Gasteiger partial charge on any atom is 0.273 e. The first kappa shape index (κ1) is 21.7. The van der Waals surface area contributed by atoms with Gasteiger partial charge in [0.25, 0.3) is 5.56 Å². The van der Waals surface area contributed by atoms with Gasteiger partial charge in [-0.05, 0) is 48.6 Å². The third-order valence-electron chi connectivity index (χ3n) is 5.59. The molecule has 7 heteroatoms. The van der Waals surface area contributed by atoms with Crippen LogP contribution in [-0.4, -0.2) is 27.4 Å². The fourth-order valence-corrected chi connectivity index (χ4v) is 3.64. The first-order valence-corrected chi connectivity index (χ1v) is 11.1. The van der Waals surface area contributed by atoms with Crippen LogP contribution in [0.2, 0.25) is 0 Å². The molecule has 1 saturated carbocycles. The molecule has 1 aromatic heterocycles. The molecule has 0 bridgehead atoms. The lowest BCUT2D eigenvalue weighted by molar-refractivity contribution is -0.121. The Morgan fingerprint density at radius 1 is 1.09 bits per heavy atom. The van der Waals surface area contributed by atoms with E-state index in [1.807, 2.05) is 42.5 Å². The SMILES string of the molecule is CC(C)c1cccc(NC(=O)Cn2c(=O)c(CCC(=O)NC3CC3)nc3ccccc32)c1. The van der Waals surface area contributed by atoms with Gasteiger partial charge in [-0.15, -0.1) is 0 Å². The van der Waals surface area contributed by atoms with E-state index in [0.717, 1.165) is 18.4 Å². The molecule has 1 fully saturated rings. The van der Waals surface area contributed by atoms with E-state index in [2.05, 4.69) is 29.5 Å². The van der Waals surface area contributed by atoms with Crippen molar-refractivity contribution < 1.29 is 9.59 Å². The number of nitrogens with one attached hydrogen (secondary N) is 2. The molecule has 7 nitrogen and oxygen atoms in total. The second-order valence-electron chi connectivity index (χ2n) is 8.61. The van der Waals surface area contributed by atoms with Gasteiger partial charge in [0.2, 0.25) is 11.8 Å². The normalized spacial score (nSPS) is 13.3. The number of amides is 2. The van der Waals surface area contributed by atoms with Crippen LogP contribution in [0.25, 0.3) is 11.0 Å². The molecular weight excluding hydrogens is 404 g/mol. The monoisotopic (exact) mass is 432 g/mol. The number of benzene rings is 2. The van der Waals surface area contributed by atoms with Gasteiger partial charge >= 0.3 is 0 Å². The van der Waals surface area contributed by atoms with Crippen molar-refractivity contribution in [3.63, 3.8) is 0 Å². The summed E-state index contributed by atoms with van der Waals surface area (Å²) in [6, 6.07) is 15.2. The summed E-state index contributed by atoms with van der Waals surface area (Å²) in [5.74, 6) is -0.0174. The van der Waals surface area contributed by atoms with Crippen molar-refractivity contribution >= 4 is 28.5 Å². The molecular formula is C25H28N4O3. The zero-order chi connectivity index (χ0) is 22.7. The molecule has 0 spiro atoms. The summed E-state index contributed by atoms with van der Waals surface area (Å²) >= 11 is 0. The minimum absolute atomic E-state index is 0.0730. The van der Waals surface area contributed by atoms with Crippen LogP contribution < -0.4 is 16.2 Å². The van der Waals surface area contributed by atoms with Crippen molar-refractivity contribution in [2.24, 2.45) is 0 Å². The molecule has 1 aliphatic rings. The Hall–Kier alpha value is -3.48. The highest BCUT2D eigenvalue weighted by molar-refractivity contribution is 5.91. The van der Waals surface area contributed by atoms with Crippen LogP contribution in [-0.2, 0) is 22.6 Å². The molecule has 0 aliphatic heterocycles. The summed E-state index contributed by atoms with van der Waals surface area (Å²) in [4.78, 5) is 42.5. The molecule has 0 saturated heterocycles. The number of hydrogen-bond acceptors (Lipinski definition) is 4. The van der Waals surface area contributed by atoms with Crippen molar-refractivity contribution in [2.45, 2.75) is 58.0 Å². The molecule has 1 aliphatic carbocycles. The van der Waals surface area contributed by atoms with Crippen LogP contribution in [0, 0.1) is 0 Å². The minimum Gasteiger partial charge on any atom is -0.353 e. The summed E-state index contributed by atoms with van der Waals surface area (Å²) in [5.41, 5.74) is 3.00.